The molecule has 0 bridgehead atoms. The molecule has 1 aromatic rings. The van der Waals surface area contributed by atoms with Gasteiger partial charge in [0.25, 0.3) is 0 Å². The molecule has 116 valence electrons. The average molecular weight is 308 g/mol. The lowest BCUT2D eigenvalue weighted by molar-refractivity contribution is -0.131. The lowest BCUT2D eigenvalue weighted by atomic mass is 10.0. The number of aryl methyl sites for hydroxylation is 1. The van der Waals surface area contributed by atoms with E-state index in [0.717, 1.165) is 26.1 Å². The van der Waals surface area contributed by atoms with E-state index in [1.165, 1.54) is 17.7 Å². The van der Waals surface area contributed by atoms with Gasteiger partial charge in [0, 0.05) is 24.4 Å². The third kappa shape index (κ3) is 3.84. The van der Waals surface area contributed by atoms with Crippen LogP contribution in [0.2, 0.25) is 0 Å². The van der Waals surface area contributed by atoms with Crippen LogP contribution < -0.4 is 0 Å². The molecule has 1 N–H and O–H groups in total. The molecule has 2 saturated heterocycles. The van der Waals surface area contributed by atoms with Crippen molar-refractivity contribution in [3.63, 3.8) is 0 Å². The van der Waals surface area contributed by atoms with E-state index in [2.05, 4.69) is 11.0 Å². The molecule has 2 aliphatic rings. The van der Waals surface area contributed by atoms with Crippen molar-refractivity contribution in [2.45, 2.75) is 37.7 Å². The number of β-amino-alcohol motifs (C(OH)–C–C–N with tert-alkyl or cyclic N) is 1. The number of hydrogen-bond acceptors (Lipinski definition) is 4. The number of rotatable bonds is 5. The Kier molecular flexibility index (Phi) is 4.62. The summed E-state index contributed by atoms with van der Waals surface area (Å²) in [5, 5.41) is 12.7. The first-order valence-corrected chi connectivity index (χ1v) is 8.78. The van der Waals surface area contributed by atoms with Gasteiger partial charge in [0.15, 0.2) is 0 Å². The second-order valence-electron chi connectivity index (χ2n) is 6.35. The number of carbonyl (C=O) groups excluding carboxylic acids is 1. The number of likely N-dealkylation sites (tertiary alicyclic amines) is 2. The van der Waals surface area contributed by atoms with Gasteiger partial charge in [0.2, 0.25) is 5.91 Å². The number of nitrogens with zero attached hydrogens (tertiary/aromatic N) is 2. The molecule has 0 spiro atoms. The number of thiophene rings is 1. The minimum atomic E-state index is -0.692. The highest BCUT2D eigenvalue weighted by Gasteiger charge is 2.39. The predicted octanol–water partition coefficient (Wildman–Crippen LogP) is 1.74. The highest BCUT2D eigenvalue weighted by Crippen LogP contribution is 2.25. The van der Waals surface area contributed by atoms with Crippen molar-refractivity contribution in [1.29, 1.82) is 0 Å². The summed E-state index contributed by atoms with van der Waals surface area (Å²) in [7, 11) is 0. The fourth-order valence-corrected chi connectivity index (χ4v) is 4.11. The zero-order valence-corrected chi connectivity index (χ0v) is 13.3. The average Bonchev–Trinajstić information content (AvgIpc) is 3.18. The molecule has 2 fully saturated rings. The van der Waals surface area contributed by atoms with Crippen molar-refractivity contribution in [3.05, 3.63) is 22.4 Å². The van der Waals surface area contributed by atoms with Gasteiger partial charge in [-0.25, -0.2) is 0 Å². The van der Waals surface area contributed by atoms with Crippen molar-refractivity contribution in [3.8, 4) is 0 Å². The summed E-state index contributed by atoms with van der Waals surface area (Å²) in [6, 6.07) is 4.10. The molecule has 5 heteroatoms. The summed E-state index contributed by atoms with van der Waals surface area (Å²) in [4.78, 5) is 17.7. The molecule has 0 aromatic carbocycles. The number of hydrogen-bond donors (Lipinski definition) is 1. The lowest BCUT2D eigenvalue weighted by Crippen LogP contribution is -2.45. The van der Waals surface area contributed by atoms with Crippen LogP contribution >= 0.6 is 11.3 Å². The van der Waals surface area contributed by atoms with Crippen LogP contribution in [0.15, 0.2) is 17.5 Å². The smallest absolute Gasteiger partial charge is 0.223 e. The predicted molar refractivity (Wildman–Crippen MR) is 84.5 cm³/mol. The Morgan fingerprint density at radius 2 is 2.14 bits per heavy atom. The third-order valence-electron chi connectivity index (χ3n) is 4.57. The van der Waals surface area contributed by atoms with Gasteiger partial charge in [-0.15, -0.1) is 11.3 Å². The minimum absolute atomic E-state index is 0.181. The fourth-order valence-electron chi connectivity index (χ4n) is 3.40. The topological polar surface area (TPSA) is 43.8 Å². The van der Waals surface area contributed by atoms with Crippen molar-refractivity contribution in [2.75, 3.05) is 32.7 Å². The van der Waals surface area contributed by atoms with Crippen LogP contribution in [-0.2, 0) is 11.2 Å². The van der Waals surface area contributed by atoms with E-state index in [1.807, 2.05) is 16.3 Å². The number of aliphatic hydroxyl groups is 1. The third-order valence-corrected chi connectivity index (χ3v) is 5.50. The van der Waals surface area contributed by atoms with Gasteiger partial charge in [-0.2, -0.15) is 0 Å². The monoisotopic (exact) mass is 308 g/mol. The summed E-state index contributed by atoms with van der Waals surface area (Å²) in [6.45, 7) is 4.12. The van der Waals surface area contributed by atoms with Gasteiger partial charge >= 0.3 is 0 Å². The normalized spacial score (nSPS) is 26.6. The Labute approximate surface area is 130 Å². The second-order valence-corrected chi connectivity index (χ2v) is 7.38. The van der Waals surface area contributed by atoms with Crippen molar-refractivity contribution >= 4 is 17.2 Å². The quantitative estimate of drug-likeness (QED) is 0.901. The molecule has 0 saturated carbocycles. The maximum atomic E-state index is 12.3. The minimum Gasteiger partial charge on any atom is -0.387 e. The molecule has 21 heavy (non-hydrogen) atoms. The van der Waals surface area contributed by atoms with Gasteiger partial charge in [0.1, 0.15) is 0 Å². The van der Waals surface area contributed by atoms with E-state index in [0.29, 0.717) is 25.9 Å². The van der Waals surface area contributed by atoms with Gasteiger partial charge in [-0.3, -0.25) is 4.79 Å². The summed E-state index contributed by atoms with van der Waals surface area (Å²) in [5.41, 5.74) is -0.692. The molecule has 1 atom stereocenters. The van der Waals surface area contributed by atoms with Crippen LogP contribution in [0.5, 0.6) is 0 Å². The van der Waals surface area contributed by atoms with E-state index in [1.54, 1.807) is 11.3 Å². The molecule has 0 unspecified atom stereocenters. The zero-order chi connectivity index (χ0) is 14.7. The Morgan fingerprint density at radius 1 is 1.33 bits per heavy atom. The van der Waals surface area contributed by atoms with E-state index >= 15 is 0 Å². The van der Waals surface area contributed by atoms with Gasteiger partial charge < -0.3 is 14.9 Å². The Hall–Kier alpha value is -0.910. The number of carbonyl (C=O) groups is 1. The molecule has 3 rings (SSSR count). The fraction of sp³-hybridized carbons (Fsp3) is 0.688. The molecule has 1 amide bonds. The first-order valence-electron chi connectivity index (χ1n) is 7.90. The maximum Gasteiger partial charge on any atom is 0.223 e. The van der Waals surface area contributed by atoms with Crippen molar-refractivity contribution in [2.24, 2.45) is 0 Å². The molecule has 3 heterocycles. The highest BCUT2D eigenvalue weighted by atomic mass is 32.1. The zero-order valence-electron chi connectivity index (χ0n) is 12.5. The molecule has 2 aliphatic heterocycles. The standard InChI is InChI=1S/C16H24N2O2S/c19-15(6-5-14-4-3-11-21-14)18-10-7-16(20,13-18)12-17-8-1-2-9-17/h3-4,11,20H,1-2,5-10,12-13H2/t16-/m1/s1. The summed E-state index contributed by atoms with van der Waals surface area (Å²) in [6.07, 6.45) is 4.56. The van der Waals surface area contributed by atoms with E-state index in [9.17, 15) is 9.90 Å². The van der Waals surface area contributed by atoms with Crippen LogP contribution in [0.3, 0.4) is 0 Å². The molecular weight excluding hydrogens is 284 g/mol. The van der Waals surface area contributed by atoms with E-state index in [-0.39, 0.29) is 5.91 Å². The van der Waals surface area contributed by atoms with Gasteiger partial charge in [-0.1, -0.05) is 6.07 Å². The second kappa shape index (κ2) is 6.46. The first-order chi connectivity index (χ1) is 10.1. The van der Waals surface area contributed by atoms with E-state index in [4.69, 9.17) is 0 Å². The van der Waals surface area contributed by atoms with Crippen molar-refractivity contribution < 1.29 is 9.90 Å². The van der Waals surface area contributed by atoms with Crippen LogP contribution in [0, 0.1) is 0 Å². The largest absolute Gasteiger partial charge is 0.387 e. The Morgan fingerprint density at radius 3 is 2.86 bits per heavy atom. The maximum absolute atomic E-state index is 12.3. The molecule has 1 aromatic heterocycles. The molecule has 0 radical (unpaired) electrons. The Balaban J connectivity index is 1.47. The van der Waals surface area contributed by atoms with Crippen LogP contribution in [0.4, 0.5) is 0 Å². The van der Waals surface area contributed by atoms with Gasteiger partial charge in [0.05, 0.1) is 12.1 Å². The lowest BCUT2D eigenvalue weighted by Gasteiger charge is -2.28. The van der Waals surface area contributed by atoms with Gasteiger partial charge in [-0.05, 0) is 50.2 Å². The Bertz CT molecular complexity index is 471. The SMILES string of the molecule is O=C(CCc1cccs1)N1CC[C@@](O)(CN2CCCC2)C1. The molecule has 4 nitrogen and oxygen atoms in total. The summed E-state index contributed by atoms with van der Waals surface area (Å²) < 4.78 is 0. The summed E-state index contributed by atoms with van der Waals surface area (Å²) in [5.74, 6) is 0.181. The van der Waals surface area contributed by atoms with Crippen LogP contribution in [-0.4, -0.2) is 59.1 Å². The van der Waals surface area contributed by atoms with Crippen LogP contribution in [0.1, 0.15) is 30.6 Å². The summed E-state index contributed by atoms with van der Waals surface area (Å²) >= 11 is 1.70. The van der Waals surface area contributed by atoms with E-state index < -0.39 is 5.60 Å². The highest BCUT2D eigenvalue weighted by molar-refractivity contribution is 7.09. The van der Waals surface area contributed by atoms with Crippen molar-refractivity contribution in [1.82, 2.24) is 9.80 Å². The van der Waals surface area contributed by atoms with Crippen LogP contribution in [0.25, 0.3) is 0 Å². The molecular formula is C16H24N2O2S. The molecule has 0 aliphatic carbocycles. The first kappa shape index (κ1) is 15.0. The number of amides is 1.